The molecule has 19 heavy (non-hydrogen) atoms. The summed E-state index contributed by atoms with van der Waals surface area (Å²) < 4.78 is 28.6. The maximum absolute atomic E-state index is 11.8. The number of benzene rings is 1. The Labute approximate surface area is 114 Å². The van der Waals surface area contributed by atoms with E-state index in [4.69, 9.17) is 5.73 Å². The molecule has 0 atom stereocenters. The molecule has 0 saturated heterocycles. The van der Waals surface area contributed by atoms with E-state index in [1.807, 2.05) is 19.1 Å². The molecular weight excluding hydrogens is 262 g/mol. The van der Waals surface area contributed by atoms with E-state index in [1.54, 1.807) is 19.9 Å². The van der Waals surface area contributed by atoms with Crippen molar-refractivity contribution in [3.05, 3.63) is 29.3 Å². The number of aryl methyl sites for hydroxylation is 1. The van der Waals surface area contributed by atoms with Gasteiger partial charge in [-0.1, -0.05) is 17.9 Å². The molecule has 1 rings (SSSR count). The van der Waals surface area contributed by atoms with Crippen molar-refractivity contribution < 1.29 is 8.42 Å². The van der Waals surface area contributed by atoms with Crippen LogP contribution in [0.3, 0.4) is 0 Å². The Morgan fingerprint density at radius 3 is 2.63 bits per heavy atom. The highest BCUT2D eigenvalue weighted by Gasteiger charge is 2.12. The highest BCUT2D eigenvalue weighted by Crippen LogP contribution is 2.17. The Hall–Kier alpha value is -1.55. The van der Waals surface area contributed by atoms with E-state index in [1.165, 1.54) is 0 Å². The fourth-order valence-electron chi connectivity index (χ4n) is 1.45. The van der Waals surface area contributed by atoms with E-state index in [-0.39, 0.29) is 12.6 Å². The molecule has 0 radical (unpaired) electrons. The summed E-state index contributed by atoms with van der Waals surface area (Å²) in [6, 6.07) is 5.16. The first-order valence-electron chi connectivity index (χ1n) is 5.93. The van der Waals surface area contributed by atoms with E-state index >= 15 is 0 Å². The average Bonchev–Trinajstić information content (AvgIpc) is 2.28. The summed E-state index contributed by atoms with van der Waals surface area (Å²) in [6.07, 6.45) is 0. The molecule has 4 N–H and O–H groups in total. The summed E-state index contributed by atoms with van der Waals surface area (Å²) >= 11 is 0. The molecule has 1 aromatic carbocycles. The molecule has 0 aliphatic heterocycles. The molecule has 104 valence electrons. The summed E-state index contributed by atoms with van der Waals surface area (Å²) in [7, 11) is -3.57. The topological polar surface area (TPSA) is 84.2 Å². The normalized spacial score (nSPS) is 11.0. The zero-order valence-corrected chi connectivity index (χ0v) is 12.1. The van der Waals surface area contributed by atoms with Crippen LogP contribution in [0.15, 0.2) is 18.2 Å². The number of rotatable bonds is 4. The SMILES string of the molecule is Cc1ccc(C#CCN)cc1NS(=O)(=O)NC(C)C. The number of hydrogen-bond donors (Lipinski definition) is 3. The van der Waals surface area contributed by atoms with Crippen molar-refractivity contribution in [2.45, 2.75) is 26.8 Å². The standard InChI is InChI=1S/C13H19N3O2S/c1-10(2)15-19(17,18)16-13-9-12(5-4-8-14)7-6-11(13)3/h6-7,9-10,15-16H,8,14H2,1-3H3. The van der Waals surface area contributed by atoms with Crippen LogP contribution in [0.25, 0.3) is 0 Å². The Balaban J connectivity index is 3.00. The predicted molar refractivity (Wildman–Crippen MR) is 77.9 cm³/mol. The minimum Gasteiger partial charge on any atom is -0.320 e. The number of anilines is 1. The molecule has 0 fully saturated rings. The van der Waals surface area contributed by atoms with Gasteiger partial charge in [0.25, 0.3) is 10.2 Å². The quantitative estimate of drug-likeness (QED) is 0.719. The molecule has 6 heteroatoms. The van der Waals surface area contributed by atoms with E-state index in [9.17, 15) is 8.42 Å². The second kappa shape index (κ2) is 6.57. The van der Waals surface area contributed by atoms with Crippen LogP contribution in [0.4, 0.5) is 5.69 Å². The molecule has 0 spiro atoms. The predicted octanol–water partition coefficient (Wildman–Crippen LogP) is 0.960. The van der Waals surface area contributed by atoms with Crippen LogP contribution >= 0.6 is 0 Å². The minimum atomic E-state index is -3.57. The first-order valence-corrected chi connectivity index (χ1v) is 7.42. The summed E-state index contributed by atoms with van der Waals surface area (Å²) in [6.45, 7) is 5.61. The third-order valence-corrected chi connectivity index (χ3v) is 3.48. The van der Waals surface area contributed by atoms with E-state index in [0.717, 1.165) is 11.1 Å². The van der Waals surface area contributed by atoms with Crippen molar-refractivity contribution >= 4 is 15.9 Å². The molecule has 0 bridgehead atoms. The highest BCUT2D eigenvalue weighted by molar-refractivity contribution is 7.90. The lowest BCUT2D eigenvalue weighted by Gasteiger charge is -2.13. The monoisotopic (exact) mass is 281 g/mol. The number of hydrogen-bond acceptors (Lipinski definition) is 3. The van der Waals surface area contributed by atoms with Crippen molar-refractivity contribution in [1.29, 1.82) is 0 Å². The molecule has 0 saturated carbocycles. The van der Waals surface area contributed by atoms with Crippen molar-refractivity contribution in [3.8, 4) is 11.8 Å². The molecule has 0 aliphatic rings. The number of nitrogens with two attached hydrogens (primary N) is 1. The summed E-state index contributed by atoms with van der Waals surface area (Å²) in [5.41, 5.74) is 7.36. The third-order valence-electron chi connectivity index (χ3n) is 2.21. The van der Waals surface area contributed by atoms with E-state index < -0.39 is 10.2 Å². The van der Waals surface area contributed by atoms with Gasteiger partial charge in [0.05, 0.1) is 12.2 Å². The Morgan fingerprint density at radius 1 is 1.37 bits per heavy atom. The van der Waals surface area contributed by atoms with Gasteiger partial charge in [0.1, 0.15) is 0 Å². The van der Waals surface area contributed by atoms with Gasteiger partial charge in [0.15, 0.2) is 0 Å². The zero-order valence-electron chi connectivity index (χ0n) is 11.3. The lowest BCUT2D eigenvalue weighted by atomic mass is 10.1. The molecule has 0 heterocycles. The van der Waals surface area contributed by atoms with Crippen molar-refractivity contribution in [2.24, 2.45) is 5.73 Å². The van der Waals surface area contributed by atoms with Gasteiger partial charge in [-0.3, -0.25) is 4.72 Å². The molecular formula is C13H19N3O2S. The van der Waals surface area contributed by atoms with Gasteiger partial charge in [0.2, 0.25) is 0 Å². The van der Waals surface area contributed by atoms with E-state index in [0.29, 0.717) is 5.69 Å². The molecule has 5 nitrogen and oxygen atoms in total. The third kappa shape index (κ3) is 5.30. The van der Waals surface area contributed by atoms with Crippen LogP contribution in [0, 0.1) is 18.8 Å². The Morgan fingerprint density at radius 2 is 2.05 bits per heavy atom. The van der Waals surface area contributed by atoms with Gasteiger partial charge in [-0.2, -0.15) is 13.1 Å². The van der Waals surface area contributed by atoms with Gasteiger partial charge in [-0.05, 0) is 38.5 Å². The van der Waals surface area contributed by atoms with Gasteiger partial charge >= 0.3 is 0 Å². The minimum absolute atomic E-state index is 0.168. The molecule has 0 aromatic heterocycles. The highest BCUT2D eigenvalue weighted by atomic mass is 32.2. The average molecular weight is 281 g/mol. The first-order chi connectivity index (χ1) is 8.84. The van der Waals surface area contributed by atoms with Gasteiger partial charge in [-0.25, -0.2) is 0 Å². The first kappa shape index (κ1) is 15.5. The van der Waals surface area contributed by atoms with Crippen molar-refractivity contribution in [1.82, 2.24) is 4.72 Å². The van der Waals surface area contributed by atoms with Gasteiger partial charge in [-0.15, -0.1) is 0 Å². The Kier molecular flexibility index (Phi) is 5.36. The largest absolute Gasteiger partial charge is 0.320 e. The fraction of sp³-hybridized carbons (Fsp3) is 0.385. The Bertz CT molecular complexity index is 598. The lowest BCUT2D eigenvalue weighted by molar-refractivity contribution is 0.575. The molecule has 0 unspecified atom stereocenters. The second-order valence-electron chi connectivity index (χ2n) is 4.41. The zero-order chi connectivity index (χ0) is 14.5. The van der Waals surface area contributed by atoms with Crippen LogP contribution in [0.5, 0.6) is 0 Å². The summed E-state index contributed by atoms with van der Waals surface area (Å²) in [5.74, 6) is 5.60. The van der Waals surface area contributed by atoms with Crippen molar-refractivity contribution in [2.75, 3.05) is 11.3 Å². The van der Waals surface area contributed by atoms with Gasteiger partial charge in [0, 0.05) is 11.6 Å². The lowest BCUT2D eigenvalue weighted by Crippen LogP contribution is -2.35. The smallest absolute Gasteiger partial charge is 0.299 e. The van der Waals surface area contributed by atoms with E-state index in [2.05, 4.69) is 21.3 Å². The van der Waals surface area contributed by atoms with Crippen LogP contribution < -0.4 is 15.2 Å². The van der Waals surface area contributed by atoms with Gasteiger partial charge < -0.3 is 5.73 Å². The van der Waals surface area contributed by atoms with Crippen LogP contribution in [-0.4, -0.2) is 21.0 Å². The van der Waals surface area contributed by atoms with Crippen molar-refractivity contribution in [3.63, 3.8) is 0 Å². The second-order valence-corrected chi connectivity index (χ2v) is 5.86. The summed E-state index contributed by atoms with van der Waals surface area (Å²) in [4.78, 5) is 0. The molecule has 0 amide bonds. The van der Waals surface area contributed by atoms with Crippen LogP contribution in [0.2, 0.25) is 0 Å². The maximum Gasteiger partial charge on any atom is 0.299 e. The van der Waals surface area contributed by atoms with Crippen LogP contribution in [-0.2, 0) is 10.2 Å². The fourth-order valence-corrected chi connectivity index (χ4v) is 2.64. The summed E-state index contributed by atoms with van der Waals surface area (Å²) in [5, 5.41) is 0. The molecule has 1 aromatic rings. The number of nitrogens with one attached hydrogen (secondary N) is 2. The van der Waals surface area contributed by atoms with Crippen LogP contribution in [0.1, 0.15) is 25.0 Å². The molecule has 0 aliphatic carbocycles. The maximum atomic E-state index is 11.8.